The fourth-order valence-electron chi connectivity index (χ4n) is 2.86. The molecule has 1 fully saturated rings. The van der Waals surface area contributed by atoms with E-state index in [1.54, 1.807) is 0 Å². The number of rotatable bonds is 6. The number of esters is 1. The summed E-state index contributed by atoms with van der Waals surface area (Å²) in [4.78, 5) is 34.5. The van der Waals surface area contributed by atoms with Gasteiger partial charge in [-0.25, -0.2) is 13.2 Å². The van der Waals surface area contributed by atoms with Crippen molar-refractivity contribution in [3.63, 3.8) is 0 Å². The number of nitrogens with zero attached hydrogens (tertiary/aromatic N) is 2. The van der Waals surface area contributed by atoms with E-state index in [0.29, 0.717) is 18.7 Å². The summed E-state index contributed by atoms with van der Waals surface area (Å²) in [6.07, 6.45) is 0.535. The number of hydrogen-bond donors (Lipinski definition) is 1. The van der Waals surface area contributed by atoms with Crippen molar-refractivity contribution >= 4 is 50.6 Å². The molecule has 10 nitrogen and oxygen atoms in total. The predicted molar refractivity (Wildman–Crippen MR) is 109 cm³/mol. The lowest BCUT2D eigenvalue weighted by molar-refractivity contribution is -0.383. The zero-order valence-corrected chi connectivity index (χ0v) is 17.0. The molecular weight excluding hydrogens is 438 g/mol. The van der Waals surface area contributed by atoms with E-state index in [1.807, 2.05) is 0 Å². The Balaban J connectivity index is 1.59. The molecule has 0 aromatic heterocycles. The molecule has 1 saturated heterocycles. The van der Waals surface area contributed by atoms with Crippen LogP contribution in [0.3, 0.4) is 0 Å². The molecule has 3 rings (SSSR count). The molecule has 0 radical (unpaired) electrons. The highest BCUT2D eigenvalue weighted by Gasteiger charge is 2.28. The molecule has 1 heterocycles. The minimum Gasteiger partial charge on any atom is -0.452 e. The van der Waals surface area contributed by atoms with Gasteiger partial charge in [-0.3, -0.25) is 19.2 Å². The van der Waals surface area contributed by atoms with Gasteiger partial charge in [0.05, 0.1) is 21.9 Å². The van der Waals surface area contributed by atoms with Gasteiger partial charge in [0, 0.05) is 17.6 Å². The zero-order valence-electron chi connectivity index (χ0n) is 15.4. The van der Waals surface area contributed by atoms with Crippen molar-refractivity contribution in [1.29, 1.82) is 0 Å². The molecule has 0 spiro atoms. The van der Waals surface area contributed by atoms with Gasteiger partial charge in [0.2, 0.25) is 10.0 Å². The fourth-order valence-corrected chi connectivity index (χ4v) is 4.59. The van der Waals surface area contributed by atoms with Crippen molar-refractivity contribution in [3.05, 3.63) is 63.2 Å². The Labute approximate surface area is 176 Å². The van der Waals surface area contributed by atoms with E-state index >= 15 is 0 Å². The predicted octanol–water partition coefficient (Wildman–Crippen LogP) is 2.58. The number of carbonyl (C=O) groups excluding carboxylic acids is 2. The van der Waals surface area contributed by atoms with Crippen LogP contribution in [0.25, 0.3) is 0 Å². The van der Waals surface area contributed by atoms with Crippen LogP contribution in [0.1, 0.15) is 16.8 Å². The molecule has 2 aromatic rings. The summed E-state index contributed by atoms with van der Waals surface area (Å²) in [5.41, 5.74) is 0.0914. The number of halogens is 1. The van der Waals surface area contributed by atoms with Crippen molar-refractivity contribution in [2.24, 2.45) is 0 Å². The standard InChI is InChI=1S/C18H16ClN3O7S/c19-13-4-7-15(16(10-13)22(25)26)20-17(23)11-29-18(24)12-2-5-14(6-3-12)21-8-1-9-30(21,27)28/h2-7,10H,1,8-9,11H2,(H,20,23). The van der Waals surface area contributed by atoms with Gasteiger partial charge in [0.15, 0.2) is 6.61 Å². The first-order valence-electron chi connectivity index (χ1n) is 8.69. The van der Waals surface area contributed by atoms with Crippen LogP contribution in [0, 0.1) is 10.1 Å². The fraction of sp³-hybridized carbons (Fsp3) is 0.222. The molecular formula is C18H16ClN3O7S. The third-order valence-electron chi connectivity index (χ3n) is 4.26. The third kappa shape index (κ3) is 4.86. The Morgan fingerprint density at radius 2 is 1.90 bits per heavy atom. The monoisotopic (exact) mass is 453 g/mol. The maximum absolute atomic E-state index is 12.1. The lowest BCUT2D eigenvalue weighted by Crippen LogP contribution is -2.25. The second-order valence-electron chi connectivity index (χ2n) is 6.33. The Morgan fingerprint density at radius 3 is 2.50 bits per heavy atom. The number of nitro benzene ring substituents is 1. The minimum atomic E-state index is -3.33. The summed E-state index contributed by atoms with van der Waals surface area (Å²) in [7, 11) is -3.33. The molecule has 1 N–H and O–H groups in total. The van der Waals surface area contributed by atoms with Gasteiger partial charge in [0.25, 0.3) is 11.6 Å². The summed E-state index contributed by atoms with van der Waals surface area (Å²) >= 11 is 5.71. The number of sulfonamides is 1. The van der Waals surface area contributed by atoms with Crippen molar-refractivity contribution < 1.29 is 27.7 Å². The first kappa shape index (κ1) is 21.5. The minimum absolute atomic E-state index is 0.0810. The smallest absolute Gasteiger partial charge is 0.338 e. The summed E-state index contributed by atoms with van der Waals surface area (Å²) in [6, 6.07) is 9.49. The maximum Gasteiger partial charge on any atom is 0.338 e. The Kier molecular flexibility index (Phi) is 6.22. The second kappa shape index (κ2) is 8.67. The van der Waals surface area contributed by atoms with E-state index in [1.165, 1.54) is 40.7 Å². The summed E-state index contributed by atoms with van der Waals surface area (Å²) in [5, 5.41) is 13.5. The van der Waals surface area contributed by atoms with Gasteiger partial charge in [0.1, 0.15) is 5.69 Å². The first-order chi connectivity index (χ1) is 14.2. The molecule has 12 heteroatoms. The van der Waals surface area contributed by atoms with Crippen molar-refractivity contribution in [2.45, 2.75) is 6.42 Å². The van der Waals surface area contributed by atoms with E-state index in [0.717, 1.165) is 6.07 Å². The molecule has 158 valence electrons. The number of hydrogen-bond acceptors (Lipinski definition) is 7. The normalized spacial score (nSPS) is 14.9. The average molecular weight is 454 g/mol. The van der Waals surface area contributed by atoms with E-state index < -0.39 is 39.1 Å². The number of carbonyl (C=O) groups is 2. The van der Waals surface area contributed by atoms with Crippen LogP contribution in [0.5, 0.6) is 0 Å². The molecule has 0 aliphatic carbocycles. The van der Waals surface area contributed by atoms with Crippen molar-refractivity contribution in [1.82, 2.24) is 0 Å². The lowest BCUT2D eigenvalue weighted by Gasteiger charge is -2.16. The zero-order chi connectivity index (χ0) is 21.9. The summed E-state index contributed by atoms with van der Waals surface area (Å²) < 4.78 is 30.1. The van der Waals surface area contributed by atoms with Crippen LogP contribution in [-0.2, 0) is 19.6 Å². The molecule has 0 unspecified atom stereocenters. The molecule has 1 aliphatic heterocycles. The maximum atomic E-state index is 12.1. The van der Waals surface area contributed by atoms with E-state index in [-0.39, 0.29) is 22.0 Å². The number of benzene rings is 2. The SMILES string of the molecule is O=C(COC(=O)c1ccc(N2CCCS2(=O)=O)cc1)Nc1ccc(Cl)cc1[N+](=O)[O-]. The quantitative estimate of drug-likeness (QED) is 0.403. The second-order valence-corrected chi connectivity index (χ2v) is 8.78. The molecule has 1 amide bonds. The topological polar surface area (TPSA) is 136 Å². The molecule has 30 heavy (non-hydrogen) atoms. The van der Waals surface area contributed by atoms with E-state index in [9.17, 15) is 28.1 Å². The van der Waals surface area contributed by atoms with Gasteiger partial charge in [-0.05, 0) is 42.8 Å². The van der Waals surface area contributed by atoms with Crippen LogP contribution < -0.4 is 9.62 Å². The number of amides is 1. The van der Waals surface area contributed by atoms with Crippen LogP contribution >= 0.6 is 11.6 Å². The largest absolute Gasteiger partial charge is 0.452 e. The summed E-state index contributed by atoms with van der Waals surface area (Å²) in [6.45, 7) is -0.288. The number of nitro groups is 1. The van der Waals surface area contributed by atoms with E-state index in [4.69, 9.17) is 16.3 Å². The first-order valence-corrected chi connectivity index (χ1v) is 10.7. The van der Waals surface area contributed by atoms with Gasteiger partial charge in [-0.15, -0.1) is 0 Å². The molecule has 0 bridgehead atoms. The van der Waals surface area contributed by atoms with Crippen LogP contribution in [0.4, 0.5) is 17.1 Å². The molecule has 2 aromatic carbocycles. The summed E-state index contributed by atoms with van der Waals surface area (Å²) in [5.74, 6) is -1.49. The van der Waals surface area contributed by atoms with Crippen LogP contribution in [-0.4, -0.2) is 44.1 Å². The van der Waals surface area contributed by atoms with Gasteiger partial charge >= 0.3 is 5.97 Å². The molecule has 1 aliphatic rings. The Hall–Kier alpha value is -3.18. The number of anilines is 2. The van der Waals surface area contributed by atoms with Gasteiger partial charge in [-0.2, -0.15) is 0 Å². The average Bonchev–Trinajstić information content (AvgIpc) is 3.06. The third-order valence-corrected chi connectivity index (χ3v) is 6.36. The molecule has 0 atom stereocenters. The number of nitrogens with one attached hydrogen (secondary N) is 1. The Morgan fingerprint density at radius 1 is 1.20 bits per heavy atom. The highest BCUT2D eigenvalue weighted by molar-refractivity contribution is 7.93. The van der Waals surface area contributed by atoms with Crippen molar-refractivity contribution in [2.75, 3.05) is 28.5 Å². The lowest BCUT2D eigenvalue weighted by atomic mass is 10.2. The van der Waals surface area contributed by atoms with E-state index in [2.05, 4.69) is 5.32 Å². The molecule has 0 saturated carbocycles. The highest BCUT2D eigenvalue weighted by Crippen LogP contribution is 2.28. The number of ether oxygens (including phenoxy) is 1. The van der Waals surface area contributed by atoms with Gasteiger partial charge in [-0.1, -0.05) is 11.6 Å². The highest BCUT2D eigenvalue weighted by atomic mass is 35.5. The Bertz CT molecular complexity index is 1100. The van der Waals surface area contributed by atoms with Crippen molar-refractivity contribution in [3.8, 4) is 0 Å². The van der Waals surface area contributed by atoms with Gasteiger partial charge < -0.3 is 10.1 Å². The van der Waals surface area contributed by atoms with Crippen LogP contribution in [0.15, 0.2) is 42.5 Å². The van der Waals surface area contributed by atoms with Crippen LogP contribution in [0.2, 0.25) is 5.02 Å².